The van der Waals surface area contributed by atoms with E-state index in [0.717, 1.165) is 18.4 Å². The molecule has 3 aromatic heterocycles. The minimum atomic E-state index is -2.69. The minimum Gasteiger partial charge on any atom is -0.342 e. The highest BCUT2D eigenvalue weighted by molar-refractivity contribution is 5.92. The van der Waals surface area contributed by atoms with Gasteiger partial charge in [-0.1, -0.05) is 0 Å². The maximum Gasteiger partial charge on any atom is 0.317 e. The van der Waals surface area contributed by atoms with Gasteiger partial charge < -0.3 is 15.5 Å². The molecule has 1 aliphatic carbocycles. The molecular formula is C27H36F2N8O2. The van der Waals surface area contributed by atoms with Crippen molar-refractivity contribution < 1.29 is 18.4 Å². The third kappa shape index (κ3) is 6.04. The molecule has 4 heterocycles. The highest BCUT2D eigenvalue weighted by Crippen LogP contribution is 2.41. The zero-order valence-electron chi connectivity index (χ0n) is 22.6. The van der Waals surface area contributed by atoms with E-state index >= 15 is 0 Å². The summed E-state index contributed by atoms with van der Waals surface area (Å²) in [7, 11) is 0. The van der Waals surface area contributed by atoms with Crippen molar-refractivity contribution >= 4 is 17.6 Å². The van der Waals surface area contributed by atoms with E-state index in [0.29, 0.717) is 30.1 Å². The van der Waals surface area contributed by atoms with E-state index in [4.69, 9.17) is 4.98 Å². The Hall–Kier alpha value is -3.57. The van der Waals surface area contributed by atoms with Crippen molar-refractivity contribution in [2.45, 2.75) is 89.9 Å². The molecule has 0 unspecified atom stereocenters. The summed E-state index contributed by atoms with van der Waals surface area (Å²) in [6, 6.07) is 3.00. The van der Waals surface area contributed by atoms with E-state index < -0.39 is 12.0 Å². The Kier molecular flexibility index (Phi) is 7.55. The van der Waals surface area contributed by atoms with Gasteiger partial charge in [-0.15, -0.1) is 0 Å². The molecule has 210 valence electrons. The predicted octanol–water partition coefficient (Wildman–Crippen LogP) is 4.50. The van der Waals surface area contributed by atoms with Crippen LogP contribution in [0, 0.1) is 5.92 Å². The first-order valence-corrected chi connectivity index (χ1v) is 13.7. The minimum absolute atomic E-state index is 0.0140. The van der Waals surface area contributed by atoms with E-state index in [2.05, 4.69) is 20.8 Å². The van der Waals surface area contributed by atoms with Crippen molar-refractivity contribution in [3.63, 3.8) is 0 Å². The molecule has 3 aromatic rings. The normalized spacial score (nSPS) is 21.1. The van der Waals surface area contributed by atoms with Crippen LogP contribution >= 0.6 is 0 Å². The van der Waals surface area contributed by atoms with Crippen LogP contribution in [0.15, 0.2) is 30.7 Å². The van der Waals surface area contributed by atoms with E-state index in [9.17, 15) is 18.4 Å². The highest BCUT2D eigenvalue weighted by Gasteiger charge is 2.39. The molecule has 2 atom stereocenters. The topological polar surface area (TPSA) is 109 Å². The number of carbonyl (C=O) groups is 2. The summed E-state index contributed by atoms with van der Waals surface area (Å²) >= 11 is 0. The number of aromatic nitrogens is 5. The lowest BCUT2D eigenvalue weighted by molar-refractivity contribution is -0.0495. The number of hydrogen-bond donors (Lipinski definition) is 2. The zero-order chi connectivity index (χ0) is 27.7. The Morgan fingerprint density at radius 3 is 2.74 bits per heavy atom. The summed E-state index contributed by atoms with van der Waals surface area (Å²) in [4.78, 5) is 32.4. The van der Waals surface area contributed by atoms with Gasteiger partial charge in [-0.2, -0.15) is 10.2 Å². The van der Waals surface area contributed by atoms with Crippen LogP contribution in [0.4, 0.5) is 13.6 Å². The van der Waals surface area contributed by atoms with Crippen molar-refractivity contribution in [3.8, 4) is 0 Å². The lowest BCUT2D eigenvalue weighted by Crippen LogP contribution is -2.40. The van der Waals surface area contributed by atoms with Gasteiger partial charge in [-0.25, -0.2) is 23.1 Å². The van der Waals surface area contributed by atoms with Crippen molar-refractivity contribution in [3.05, 3.63) is 47.7 Å². The lowest BCUT2D eigenvalue weighted by atomic mass is 9.81. The number of amides is 3. The summed E-state index contributed by atoms with van der Waals surface area (Å²) in [6.45, 7) is 6.94. The molecule has 0 aromatic carbocycles. The maximum atomic E-state index is 14.0. The molecule has 0 spiro atoms. The number of rotatable bonds is 7. The number of nitrogens with zero attached hydrogens (tertiary/aromatic N) is 6. The van der Waals surface area contributed by atoms with Crippen LogP contribution in [0.25, 0.3) is 5.65 Å². The third-order valence-corrected chi connectivity index (χ3v) is 7.72. The molecule has 10 nitrogen and oxygen atoms in total. The van der Waals surface area contributed by atoms with Gasteiger partial charge in [-0.3, -0.25) is 9.48 Å². The highest BCUT2D eigenvalue weighted by atomic mass is 19.3. The first kappa shape index (κ1) is 27.0. The molecule has 12 heteroatoms. The number of urea groups is 1. The summed E-state index contributed by atoms with van der Waals surface area (Å²) < 4.78 is 31.2. The number of nitrogens with one attached hydrogen (secondary N) is 2. The van der Waals surface area contributed by atoms with Crippen LogP contribution in [-0.4, -0.2) is 59.7 Å². The molecule has 0 radical (unpaired) electrons. The quantitative estimate of drug-likeness (QED) is 0.457. The van der Waals surface area contributed by atoms with Crippen molar-refractivity contribution in [2.75, 3.05) is 6.54 Å². The summed E-state index contributed by atoms with van der Waals surface area (Å²) in [6.07, 6.45) is 6.98. The van der Waals surface area contributed by atoms with E-state index in [-0.39, 0.29) is 55.6 Å². The molecule has 2 fully saturated rings. The molecule has 3 amide bonds. The number of hydrogen-bond acceptors (Lipinski definition) is 5. The van der Waals surface area contributed by atoms with Crippen LogP contribution in [0.5, 0.6) is 0 Å². The first-order valence-electron chi connectivity index (χ1n) is 13.7. The second kappa shape index (κ2) is 10.9. The van der Waals surface area contributed by atoms with Crippen LogP contribution in [-0.2, 0) is 6.54 Å². The number of alkyl halides is 2. The molecular weight excluding hydrogens is 506 g/mol. The number of imidazole rings is 1. The fraction of sp³-hybridized carbons (Fsp3) is 0.593. The smallest absolute Gasteiger partial charge is 0.317 e. The second-order valence-electron chi connectivity index (χ2n) is 11.1. The number of fused-ring (bicyclic) bond motifs is 1. The van der Waals surface area contributed by atoms with Crippen LogP contribution in [0.2, 0.25) is 0 Å². The molecule has 2 N–H and O–H groups in total. The molecule has 1 aliphatic heterocycles. The number of halogens is 2. The number of carbonyl (C=O) groups excluding carboxylic acids is 2. The molecule has 0 bridgehead atoms. The summed E-state index contributed by atoms with van der Waals surface area (Å²) in [5.74, 6) is -3.21. The van der Waals surface area contributed by atoms with Crippen molar-refractivity contribution in [2.24, 2.45) is 5.92 Å². The fourth-order valence-electron chi connectivity index (χ4n) is 5.56. The van der Waals surface area contributed by atoms with Crippen LogP contribution in [0.1, 0.15) is 93.1 Å². The van der Waals surface area contributed by atoms with E-state index in [1.165, 1.54) is 0 Å². The average Bonchev–Trinajstić information content (AvgIpc) is 3.51. The van der Waals surface area contributed by atoms with Gasteiger partial charge in [0.1, 0.15) is 5.69 Å². The third-order valence-electron chi connectivity index (χ3n) is 7.72. The lowest BCUT2D eigenvalue weighted by Gasteiger charge is -2.33. The molecule has 1 saturated carbocycles. The van der Waals surface area contributed by atoms with Crippen LogP contribution in [0.3, 0.4) is 0 Å². The van der Waals surface area contributed by atoms with Gasteiger partial charge in [0.25, 0.3) is 5.91 Å². The first-order chi connectivity index (χ1) is 18.6. The fourth-order valence-corrected chi connectivity index (χ4v) is 5.56. The Morgan fingerprint density at radius 2 is 2.00 bits per heavy atom. The SMILES string of the molecule is CC(C)n1nccc1C(=O)N[C@H](c1cn2ncc(CN3CCC[C@H](C)NC3=O)cc2n1)C1CCC(F)(F)CC1. The largest absolute Gasteiger partial charge is 0.342 e. The molecule has 39 heavy (non-hydrogen) atoms. The van der Waals surface area contributed by atoms with Gasteiger partial charge in [0.15, 0.2) is 5.65 Å². The molecule has 1 saturated heterocycles. The van der Waals surface area contributed by atoms with Gasteiger partial charge in [0.2, 0.25) is 5.92 Å². The standard InChI is InChI=1S/C27H36F2N8O2/c1-17(2)37-22(8-11-30-37)25(38)34-24(20-6-9-27(28,29)10-7-20)21-16-36-23(33-21)13-19(14-31-36)15-35-12-4-5-18(3)32-26(35)39/h8,11,13-14,16-18,20,24H,4-7,9-10,12,15H2,1-3H3,(H,32,39)(H,34,38)/t18-,24-/m0/s1. The zero-order valence-corrected chi connectivity index (χ0v) is 22.6. The summed E-state index contributed by atoms with van der Waals surface area (Å²) in [5.41, 5.74) is 2.38. The molecule has 2 aliphatic rings. The monoisotopic (exact) mass is 542 g/mol. The van der Waals surface area contributed by atoms with Crippen molar-refractivity contribution in [1.82, 2.24) is 39.9 Å². The van der Waals surface area contributed by atoms with E-state index in [1.54, 1.807) is 38.8 Å². The predicted molar refractivity (Wildman–Crippen MR) is 140 cm³/mol. The Morgan fingerprint density at radius 1 is 1.23 bits per heavy atom. The average molecular weight is 543 g/mol. The van der Waals surface area contributed by atoms with Crippen molar-refractivity contribution in [1.29, 1.82) is 0 Å². The maximum absolute atomic E-state index is 14.0. The van der Waals surface area contributed by atoms with Crippen LogP contribution < -0.4 is 10.6 Å². The van der Waals surface area contributed by atoms with Gasteiger partial charge in [0.05, 0.1) is 24.1 Å². The Labute approximate surface area is 226 Å². The van der Waals surface area contributed by atoms with Gasteiger partial charge in [0, 0.05) is 44.2 Å². The Balaban J connectivity index is 1.40. The van der Waals surface area contributed by atoms with Gasteiger partial charge >= 0.3 is 6.03 Å². The molecule has 5 rings (SSSR count). The van der Waals surface area contributed by atoms with Gasteiger partial charge in [-0.05, 0) is 70.1 Å². The van der Waals surface area contributed by atoms with E-state index in [1.807, 2.05) is 26.8 Å². The Bertz CT molecular complexity index is 1330. The summed E-state index contributed by atoms with van der Waals surface area (Å²) in [5, 5.41) is 14.8. The second-order valence-corrected chi connectivity index (χ2v) is 11.1.